The number of nitrogens with zero attached hydrogens (tertiary/aromatic N) is 3. The largest absolute Gasteiger partial charge is 0.454 e. The van der Waals surface area contributed by atoms with E-state index in [0.717, 1.165) is 11.3 Å². The first-order chi connectivity index (χ1) is 13.6. The van der Waals surface area contributed by atoms with E-state index in [-0.39, 0.29) is 18.0 Å². The number of anilines is 3. The van der Waals surface area contributed by atoms with E-state index in [1.165, 1.54) is 0 Å². The molecule has 3 N–H and O–H groups in total. The second kappa shape index (κ2) is 8.12. The Balaban J connectivity index is 1.46. The van der Waals surface area contributed by atoms with Gasteiger partial charge in [-0.15, -0.1) is 11.8 Å². The van der Waals surface area contributed by atoms with Crippen molar-refractivity contribution in [3.8, 4) is 11.5 Å². The lowest BCUT2D eigenvalue weighted by Gasteiger charge is -2.13. The molecule has 3 aromatic rings. The van der Waals surface area contributed by atoms with Crippen molar-refractivity contribution in [2.75, 3.05) is 17.8 Å². The number of nitrogens with two attached hydrogens (primary N) is 1. The van der Waals surface area contributed by atoms with Crippen LogP contribution in [0.15, 0.2) is 42.5 Å². The van der Waals surface area contributed by atoms with Crippen molar-refractivity contribution in [1.29, 1.82) is 0 Å². The van der Waals surface area contributed by atoms with Crippen LogP contribution in [0.2, 0.25) is 5.02 Å². The van der Waals surface area contributed by atoms with Gasteiger partial charge in [0.05, 0.1) is 10.3 Å². The van der Waals surface area contributed by atoms with Crippen molar-refractivity contribution in [2.45, 2.75) is 17.9 Å². The number of halogens is 1. The molecular formula is C19H18ClN5O2S. The highest BCUT2D eigenvalue weighted by atomic mass is 35.5. The summed E-state index contributed by atoms with van der Waals surface area (Å²) >= 11 is 7.92. The number of fused-ring (bicyclic) bond motifs is 1. The molecule has 4 rings (SSSR count). The van der Waals surface area contributed by atoms with Gasteiger partial charge in [0, 0.05) is 11.4 Å². The zero-order chi connectivity index (χ0) is 19.5. The van der Waals surface area contributed by atoms with Crippen LogP contribution < -0.4 is 20.5 Å². The Morgan fingerprint density at radius 1 is 1.18 bits per heavy atom. The molecule has 2 heterocycles. The summed E-state index contributed by atoms with van der Waals surface area (Å²) in [5.41, 5.74) is 7.80. The average Bonchev–Trinajstić information content (AvgIpc) is 3.16. The van der Waals surface area contributed by atoms with Gasteiger partial charge in [-0.25, -0.2) is 0 Å². The van der Waals surface area contributed by atoms with E-state index in [1.54, 1.807) is 11.8 Å². The monoisotopic (exact) mass is 415 g/mol. The Labute approximate surface area is 171 Å². The number of hydrogen-bond donors (Lipinski definition) is 2. The lowest BCUT2D eigenvalue weighted by molar-refractivity contribution is 0.174. The Morgan fingerprint density at radius 3 is 2.82 bits per heavy atom. The van der Waals surface area contributed by atoms with Crippen molar-refractivity contribution in [3.63, 3.8) is 0 Å². The first kappa shape index (κ1) is 18.6. The topological polar surface area (TPSA) is 95.2 Å². The van der Waals surface area contributed by atoms with E-state index in [4.69, 9.17) is 26.8 Å². The average molecular weight is 416 g/mol. The van der Waals surface area contributed by atoms with Crippen molar-refractivity contribution in [2.24, 2.45) is 0 Å². The fourth-order valence-corrected chi connectivity index (χ4v) is 3.85. The van der Waals surface area contributed by atoms with Crippen molar-refractivity contribution in [3.05, 3.63) is 58.9 Å². The quantitative estimate of drug-likeness (QED) is 0.604. The first-order valence-corrected chi connectivity index (χ1v) is 10.0. The molecule has 1 aromatic heterocycles. The van der Waals surface area contributed by atoms with E-state index in [0.29, 0.717) is 34.0 Å². The number of benzene rings is 2. The van der Waals surface area contributed by atoms with Gasteiger partial charge < -0.3 is 20.5 Å². The highest BCUT2D eigenvalue weighted by molar-refractivity contribution is 7.98. The van der Waals surface area contributed by atoms with Crippen LogP contribution in [0.1, 0.15) is 23.6 Å². The summed E-state index contributed by atoms with van der Waals surface area (Å²) in [7, 11) is 0. The molecule has 7 nitrogen and oxygen atoms in total. The molecular weight excluding hydrogens is 398 g/mol. The van der Waals surface area contributed by atoms with Gasteiger partial charge in [-0.3, -0.25) is 0 Å². The standard InChI is InChI=1S/C19H18ClN5O2S/c1-11(28-9-12-7-14(20)16-15(8-12)26-10-27-16)17-23-18(21)25-19(24-17)22-13-5-3-2-4-6-13/h2-8,11H,9-10H2,1H3,(H3,21,22,23,24,25). The number of nitrogens with one attached hydrogen (secondary N) is 1. The van der Waals surface area contributed by atoms with E-state index in [1.807, 2.05) is 49.4 Å². The molecule has 28 heavy (non-hydrogen) atoms. The number of para-hydroxylation sites is 1. The summed E-state index contributed by atoms with van der Waals surface area (Å²) in [6, 6.07) is 13.5. The molecule has 0 radical (unpaired) electrons. The molecule has 1 atom stereocenters. The number of rotatable bonds is 6. The van der Waals surface area contributed by atoms with E-state index < -0.39 is 0 Å². The summed E-state index contributed by atoms with van der Waals surface area (Å²) in [5, 5.41) is 3.71. The molecule has 0 aliphatic carbocycles. The van der Waals surface area contributed by atoms with Crippen molar-refractivity contribution >= 4 is 40.9 Å². The Bertz CT molecular complexity index is 990. The second-order valence-corrected chi connectivity index (χ2v) is 7.87. The van der Waals surface area contributed by atoms with Crippen LogP contribution in [-0.2, 0) is 5.75 Å². The van der Waals surface area contributed by atoms with Gasteiger partial charge in [0.15, 0.2) is 11.5 Å². The van der Waals surface area contributed by atoms with Gasteiger partial charge in [-0.05, 0) is 36.8 Å². The van der Waals surface area contributed by atoms with Gasteiger partial charge in [0.25, 0.3) is 0 Å². The van der Waals surface area contributed by atoms with Crippen LogP contribution in [0.25, 0.3) is 0 Å². The zero-order valence-corrected chi connectivity index (χ0v) is 16.6. The third-order valence-electron chi connectivity index (χ3n) is 4.05. The van der Waals surface area contributed by atoms with Crippen molar-refractivity contribution < 1.29 is 9.47 Å². The minimum atomic E-state index is 0.00539. The number of thioether (sulfide) groups is 1. The molecule has 0 saturated heterocycles. The molecule has 0 amide bonds. The molecule has 0 spiro atoms. The Kier molecular flexibility index (Phi) is 5.40. The highest BCUT2D eigenvalue weighted by Crippen LogP contribution is 2.41. The van der Waals surface area contributed by atoms with E-state index in [2.05, 4.69) is 20.3 Å². The fourth-order valence-electron chi connectivity index (χ4n) is 2.70. The maximum absolute atomic E-state index is 6.25. The van der Waals surface area contributed by atoms with Crippen LogP contribution in [0.5, 0.6) is 11.5 Å². The summed E-state index contributed by atoms with van der Waals surface area (Å²) in [6.07, 6.45) is 0. The van der Waals surface area contributed by atoms with Gasteiger partial charge >= 0.3 is 0 Å². The summed E-state index contributed by atoms with van der Waals surface area (Å²) < 4.78 is 10.8. The molecule has 0 fully saturated rings. The number of ether oxygens (including phenoxy) is 2. The normalized spacial score (nSPS) is 13.4. The molecule has 2 aromatic carbocycles. The van der Waals surface area contributed by atoms with Crippen LogP contribution in [0.4, 0.5) is 17.6 Å². The fraction of sp³-hybridized carbons (Fsp3) is 0.211. The minimum absolute atomic E-state index is 0.00539. The Hall–Kier alpha value is -2.71. The van der Waals surface area contributed by atoms with Gasteiger partial charge in [0.2, 0.25) is 18.7 Å². The van der Waals surface area contributed by atoms with Crippen molar-refractivity contribution in [1.82, 2.24) is 15.0 Å². The maximum Gasteiger partial charge on any atom is 0.232 e. The summed E-state index contributed by atoms with van der Waals surface area (Å²) in [5.74, 6) is 3.21. The maximum atomic E-state index is 6.25. The molecule has 1 aliphatic heterocycles. The van der Waals surface area contributed by atoms with E-state index >= 15 is 0 Å². The smallest absolute Gasteiger partial charge is 0.232 e. The lowest BCUT2D eigenvalue weighted by atomic mass is 10.2. The predicted molar refractivity (Wildman–Crippen MR) is 111 cm³/mol. The third-order valence-corrected chi connectivity index (χ3v) is 5.54. The number of nitrogen functional groups attached to an aromatic ring is 1. The number of aromatic nitrogens is 3. The lowest BCUT2D eigenvalue weighted by Crippen LogP contribution is -2.08. The first-order valence-electron chi connectivity index (χ1n) is 8.61. The van der Waals surface area contributed by atoms with Crippen LogP contribution in [-0.4, -0.2) is 21.7 Å². The molecule has 0 bridgehead atoms. The van der Waals surface area contributed by atoms with Crippen LogP contribution >= 0.6 is 23.4 Å². The van der Waals surface area contributed by atoms with Crippen LogP contribution in [0, 0.1) is 0 Å². The van der Waals surface area contributed by atoms with Gasteiger partial charge in [-0.2, -0.15) is 15.0 Å². The molecule has 1 aliphatic rings. The molecule has 9 heteroatoms. The molecule has 1 unspecified atom stereocenters. The van der Waals surface area contributed by atoms with E-state index in [9.17, 15) is 0 Å². The third kappa shape index (κ3) is 4.23. The Morgan fingerprint density at radius 2 is 2.00 bits per heavy atom. The SMILES string of the molecule is CC(SCc1cc(Cl)c2c(c1)OCO2)c1nc(N)nc(Nc2ccccc2)n1. The minimum Gasteiger partial charge on any atom is -0.454 e. The predicted octanol–water partition coefficient (Wildman–Crippen LogP) is 4.57. The number of hydrogen-bond acceptors (Lipinski definition) is 8. The molecule has 0 saturated carbocycles. The molecule has 144 valence electrons. The van der Waals surface area contributed by atoms with Gasteiger partial charge in [-0.1, -0.05) is 29.8 Å². The highest BCUT2D eigenvalue weighted by Gasteiger charge is 2.19. The summed E-state index contributed by atoms with van der Waals surface area (Å²) in [6.45, 7) is 2.23. The van der Waals surface area contributed by atoms with Crippen LogP contribution in [0.3, 0.4) is 0 Å². The van der Waals surface area contributed by atoms with Gasteiger partial charge in [0.1, 0.15) is 5.82 Å². The zero-order valence-electron chi connectivity index (χ0n) is 15.1. The summed E-state index contributed by atoms with van der Waals surface area (Å²) in [4.78, 5) is 13.0. The second-order valence-electron chi connectivity index (χ2n) is 6.13.